The monoisotopic (exact) mass is 512 g/mol. The summed E-state index contributed by atoms with van der Waals surface area (Å²) in [6.07, 6.45) is 9.31. The fourth-order valence-electron chi connectivity index (χ4n) is 5.62. The van der Waals surface area contributed by atoms with Crippen LogP contribution in [0.15, 0.2) is 49.1 Å². The number of ether oxygens (including phenoxy) is 1. The Kier molecular flexibility index (Phi) is 6.53. The first-order valence-electron chi connectivity index (χ1n) is 13.4. The summed E-state index contributed by atoms with van der Waals surface area (Å²) in [5, 5.41) is 3.35. The number of aromatic nitrogens is 4. The molecule has 0 radical (unpaired) electrons. The largest absolute Gasteiger partial charge is 0.496 e. The first-order chi connectivity index (χ1) is 18.5. The van der Waals surface area contributed by atoms with E-state index in [1.807, 2.05) is 19.4 Å². The lowest BCUT2D eigenvalue weighted by Crippen LogP contribution is -2.46. The molecule has 3 aromatic heterocycles. The number of pyridine rings is 1. The van der Waals surface area contributed by atoms with Gasteiger partial charge in [0.05, 0.1) is 30.9 Å². The Morgan fingerprint density at radius 3 is 2.32 bits per heavy atom. The second-order valence-electron chi connectivity index (χ2n) is 10.3. The van der Waals surface area contributed by atoms with Crippen LogP contribution in [0.4, 0.5) is 17.3 Å². The number of likely N-dealkylation sites (N-methyl/N-ethyl adjacent to an activating group) is 1. The number of benzene rings is 1. The normalized spacial score (nSPS) is 18.0. The molecule has 9 nitrogen and oxygen atoms in total. The highest BCUT2D eigenvalue weighted by Gasteiger charge is 2.24. The Morgan fingerprint density at radius 1 is 0.895 bits per heavy atom. The Bertz CT molecular complexity index is 1420. The summed E-state index contributed by atoms with van der Waals surface area (Å²) in [5.41, 5.74) is 7.65. The molecule has 1 N–H and O–H groups in total. The number of imidazole rings is 1. The zero-order valence-electron chi connectivity index (χ0n) is 22.7. The average molecular weight is 513 g/mol. The third-order valence-corrected chi connectivity index (χ3v) is 7.98. The Morgan fingerprint density at radius 2 is 1.63 bits per heavy atom. The van der Waals surface area contributed by atoms with Crippen LogP contribution >= 0.6 is 0 Å². The smallest absolute Gasteiger partial charge is 0.225 e. The van der Waals surface area contributed by atoms with Crippen LogP contribution in [0.5, 0.6) is 5.75 Å². The van der Waals surface area contributed by atoms with Crippen LogP contribution in [0.1, 0.15) is 17.5 Å². The highest BCUT2D eigenvalue weighted by atomic mass is 16.5. The molecule has 4 aromatic rings. The summed E-state index contributed by atoms with van der Waals surface area (Å²) >= 11 is 0. The molecule has 2 saturated heterocycles. The molecule has 0 spiro atoms. The molecule has 0 aliphatic carbocycles. The second kappa shape index (κ2) is 10.1. The van der Waals surface area contributed by atoms with Crippen molar-refractivity contribution in [2.45, 2.75) is 26.3 Å². The number of hydrogen-bond acceptors (Lipinski definition) is 8. The first kappa shape index (κ1) is 24.5. The summed E-state index contributed by atoms with van der Waals surface area (Å²) in [7, 11) is 3.73. The van der Waals surface area contributed by atoms with E-state index < -0.39 is 0 Å². The molecule has 1 unspecified atom stereocenters. The van der Waals surface area contributed by atoms with Crippen LogP contribution in [-0.4, -0.2) is 78.8 Å². The quantitative estimate of drug-likeness (QED) is 0.421. The maximum Gasteiger partial charge on any atom is 0.225 e. The van der Waals surface area contributed by atoms with E-state index in [9.17, 15) is 0 Å². The molecule has 0 amide bonds. The number of aryl methyl sites for hydroxylation is 2. The summed E-state index contributed by atoms with van der Waals surface area (Å²) in [5.74, 6) is 1.74. The van der Waals surface area contributed by atoms with E-state index >= 15 is 0 Å². The lowest BCUT2D eigenvalue weighted by molar-refractivity contribution is 0.411. The Hall–Kier alpha value is -3.85. The van der Waals surface area contributed by atoms with Crippen molar-refractivity contribution < 1.29 is 4.74 Å². The standard InChI is InChI=1S/C29H36N8O/c1-20-14-27(38-4)21(2)13-25(20)26-19-36-8-6-23(15-28(36)33-26)34-9-11-35(12-10-34)24-16-31-29(32-17-24)37-7-5-22(18-37)30-3/h6,8,13-17,19,22,30H,5,7,9-12,18H2,1-4H3. The van der Waals surface area contributed by atoms with Crippen molar-refractivity contribution in [2.75, 3.05) is 68.1 Å². The summed E-state index contributed by atoms with van der Waals surface area (Å²) in [6.45, 7) is 9.91. The van der Waals surface area contributed by atoms with Crippen LogP contribution in [0.3, 0.4) is 0 Å². The van der Waals surface area contributed by atoms with Gasteiger partial charge in [0.25, 0.3) is 0 Å². The number of hydrogen-bond donors (Lipinski definition) is 1. The summed E-state index contributed by atoms with van der Waals surface area (Å²) in [6, 6.07) is 9.15. The molecular formula is C29H36N8O. The van der Waals surface area contributed by atoms with Gasteiger partial charge in [0, 0.05) is 75.0 Å². The van der Waals surface area contributed by atoms with Gasteiger partial charge >= 0.3 is 0 Å². The van der Waals surface area contributed by atoms with Crippen molar-refractivity contribution in [2.24, 2.45) is 0 Å². The number of rotatable bonds is 6. The third kappa shape index (κ3) is 4.62. The van der Waals surface area contributed by atoms with Crippen LogP contribution in [0, 0.1) is 13.8 Å². The second-order valence-corrected chi connectivity index (χ2v) is 10.3. The van der Waals surface area contributed by atoms with Gasteiger partial charge in [-0.25, -0.2) is 15.0 Å². The van der Waals surface area contributed by atoms with Gasteiger partial charge < -0.3 is 29.2 Å². The lowest BCUT2D eigenvalue weighted by atomic mass is 10.0. The average Bonchev–Trinajstić information content (AvgIpc) is 3.61. The molecule has 9 heteroatoms. The molecule has 2 aliphatic rings. The predicted molar refractivity (Wildman–Crippen MR) is 153 cm³/mol. The van der Waals surface area contributed by atoms with Gasteiger partial charge in [0.1, 0.15) is 11.4 Å². The molecule has 2 fully saturated rings. The SMILES string of the molecule is CNC1CCN(c2ncc(N3CCN(c4ccn5cc(-c6cc(C)c(OC)cc6C)nc5c4)CC3)cn2)C1. The van der Waals surface area contributed by atoms with E-state index in [2.05, 4.69) is 84.9 Å². The highest BCUT2D eigenvalue weighted by Crippen LogP contribution is 2.30. The van der Waals surface area contributed by atoms with Crippen molar-refractivity contribution in [3.63, 3.8) is 0 Å². The van der Waals surface area contributed by atoms with Gasteiger partial charge in [-0.3, -0.25) is 0 Å². The number of nitrogens with zero attached hydrogens (tertiary/aromatic N) is 7. The summed E-state index contributed by atoms with van der Waals surface area (Å²) < 4.78 is 7.59. The lowest BCUT2D eigenvalue weighted by Gasteiger charge is -2.37. The van der Waals surface area contributed by atoms with Crippen molar-refractivity contribution in [1.29, 1.82) is 0 Å². The molecule has 5 heterocycles. The molecule has 2 aliphatic heterocycles. The van der Waals surface area contributed by atoms with Gasteiger partial charge in [-0.15, -0.1) is 0 Å². The van der Waals surface area contributed by atoms with E-state index in [0.29, 0.717) is 6.04 Å². The molecule has 1 atom stereocenters. The van der Waals surface area contributed by atoms with Crippen LogP contribution in [0.2, 0.25) is 0 Å². The molecule has 6 rings (SSSR count). The summed E-state index contributed by atoms with van der Waals surface area (Å²) in [4.78, 5) is 21.4. The van der Waals surface area contributed by atoms with Gasteiger partial charge in [0.2, 0.25) is 5.95 Å². The fourth-order valence-corrected chi connectivity index (χ4v) is 5.62. The van der Waals surface area contributed by atoms with Gasteiger partial charge in [0.15, 0.2) is 0 Å². The van der Waals surface area contributed by atoms with E-state index in [1.165, 1.54) is 5.69 Å². The van der Waals surface area contributed by atoms with Crippen LogP contribution in [-0.2, 0) is 0 Å². The van der Waals surface area contributed by atoms with Crippen molar-refractivity contribution in [1.82, 2.24) is 24.7 Å². The molecule has 0 saturated carbocycles. The Labute approximate surface area is 224 Å². The molecule has 38 heavy (non-hydrogen) atoms. The van der Waals surface area contributed by atoms with Gasteiger partial charge in [-0.05, 0) is 56.6 Å². The topological polar surface area (TPSA) is 74.1 Å². The molecule has 0 bridgehead atoms. The Balaban J connectivity index is 1.13. The van der Waals surface area contributed by atoms with E-state index in [4.69, 9.17) is 9.72 Å². The molecular weight excluding hydrogens is 476 g/mol. The van der Waals surface area contributed by atoms with Crippen LogP contribution in [0.25, 0.3) is 16.9 Å². The van der Waals surface area contributed by atoms with Crippen molar-refractivity contribution in [3.8, 4) is 17.0 Å². The number of anilines is 3. The molecule has 198 valence electrons. The van der Waals surface area contributed by atoms with E-state index in [1.54, 1.807) is 7.11 Å². The van der Waals surface area contributed by atoms with Gasteiger partial charge in [-0.1, -0.05) is 0 Å². The minimum atomic E-state index is 0.523. The highest BCUT2D eigenvalue weighted by molar-refractivity contribution is 5.70. The van der Waals surface area contributed by atoms with Crippen molar-refractivity contribution >= 4 is 23.0 Å². The van der Waals surface area contributed by atoms with E-state index in [0.717, 1.165) is 91.1 Å². The maximum absolute atomic E-state index is 5.48. The third-order valence-electron chi connectivity index (χ3n) is 7.98. The van der Waals surface area contributed by atoms with Crippen molar-refractivity contribution in [3.05, 3.63) is 60.2 Å². The predicted octanol–water partition coefficient (Wildman–Crippen LogP) is 3.54. The zero-order valence-corrected chi connectivity index (χ0v) is 22.7. The number of piperazine rings is 1. The fraction of sp³-hybridized carbons (Fsp3) is 0.414. The first-order valence-corrected chi connectivity index (χ1v) is 13.4. The zero-order chi connectivity index (χ0) is 26.2. The minimum absolute atomic E-state index is 0.523. The number of methoxy groups -OCH3 is 1. The number of fused-ring (bicyclic) bond motifs is 1. The van der Waals surface area contributed by atoms with E-state index in [-0.39, 0.29) is 0 Å². The van der Waals surface area contributed by atoms with Gasteiger partial charge in [-0.2, -0.15) is 0 Å². The molecule has 1 aromatic carbocycles. The maximum atomic E-state index is 5.48. The number of nitrogens with one attached hydrogen (secondary N) is 1. The van der Waals surface area contributed by atoms with Crippen LogP contribution < -0.4 is 24.8 Å². The minimum Gasteiger partial charge on any atom is -0.496 e.